The normalized spacial score (nSPS) is 13.1. The zero-order valence-corrected chi connectivity index (χ0v) is 14.2. The predicted molar refractivity (Wildman–Crippen MR) is 88.9 cm³/mol. The van der Waals surface area contributed by atoms with E-state index in [1.54, 1.807) is 19.9 Å². The van der Waals surface area contributed by atoms with Gasteiger partial charge in [-0.2, -0.15) is 0 Å². The quantitative estimate of drug-likeness (QED) is 0.416. The fourth-order valence-corrected chi connectivity index (χ4v) is 2.16. The number of allylic oxidation sites excluding steroid dienone is 4. The molecule has 0 aliphatic heterocycles. The standard InChI is InChI=1S/C18H23NO5/c1-4-23-16(21)18(19-14(3)20,17(22)24-5-2)13-9-8-12-15-10-6-7-11-15/h6-7,9-12,15H,4-5,13H2,1-3H3,(H,19,20). The van der Waals surface area contributed by atoms with E-state index >= 15 is 0 Å². The van der Waals surface area contributed by atoms with Gasteiger partial charge in [-0.25, -0.2) is 9.59 Å². The molecule has 0 spiro atoms. The van der Waals surface area contributed by atoms with Gasteiger partial charge >= 0.3 is 11.9 Å². The van der Waals surface area contributed by atoms with Crippen LogP contribution in [-0.2, 0) is 23.9 Å². The number of carbonyl (C=O) groups excluding carboxylic acids is 3. The first kappa shape index (κ1) is 19.5. The van der Waals surface area contributed by atoms with Crippen molar-refractivity contribution < 1.29 is 23.9 Å². The molecular formula is C18H23NO5. The summed E-state index contributed by atoms with van der Waals surface area (Å²) in [5, 5.41) is 2.39. The first-order valence-corrected chi connectivity index (χ1v) is 7.85. The van der Waals surface area contributed by atoms with Gasteiger partial charge in [0.2, 0.25) is 11.4 Å². The molecule has 24 heavy (non-hydrogen) atoms. The molecule has 1 aliphatic rings. The van der Waals surface area contributed by atoms with Crippen LogP contribution in [0.25, 0.3) is 0 Å². The highest BCUT2D eigenvalue weighted by Crippen LogP contribution is 2.17. The van der Waals surface area contributed by atoms with Crippen LogP contribution in [0, 0.1) is 5.92 Å². The molecule has 0 fully saturated rings. The van der Waals surface area contributed by atoms with Crippen molar-refractivity contribution in [2.45, 2.75) is 32.7 Å². The molecule has 6 heteroatoms. The van der Waals surface area contributed by atoms with Crippen molar-refractivity contribution in [2.75, 3.05) is 13.2 Å². The van der Waals surface area contributed by atoms with Crippen LogP contribution in [0.1, 0.15) is 27.2 Å². The van der Waals surface area contributed by atoms with Crippen LogP contribution in [0.4, 0.5) is 0 Å². The average molecular weight is 333 g/mol. The Kier molecular flexibility index (Phi) is 7.72. The topological polar surface area (TPSA) is 81.7 Å². The number of carbonyl (C=O) groups is 3. The summed E-state index contributed by atoms with van der Waals surface area (Å²) < 4.78 is 9.94. The third-order valence-corrected chi connectivity index (χ3v) is 3.23. The van der Waals surface area contributed by atoms with Gasteiger partial charge in [0.05, 0.1) is 13.2 Å². The van der Waals surface area contributed by atoms with Crippen molar-refractivity contribution in [2.24, 2.45) is 5.92 Å². The first-order chi connectivity index (χ1) is 11.5. The summed E-state index contributed by atoms with van der Waals surface area (Å²) in [6.07, 6.45) is 11.0. The van der Waals surface area contributed by atoms with E-state index in [4.69, 9.17) is 9.47 Å². The van der Waals surface area contributed by atoms with Crippen molar-refractivity contribution in [1.82, 2.24) is 5.32 Å². The van der Waals surface area contributed by atoms with Gasteiger partial charge < -0.3 is 14.8 Å². The van der Waals surface area contributed by atoms with Crippen molar-refractivity contribution >= 4 is 17.8 Å². The van der Waals surface area contributed by atoms with Crippen molar-refractivity contribution in [3.8, 4) is 0 Å². The van der Waals surface area contributed by atoms with E-state index in [0.29, 0.717) is 0 Å². The maximum absolute atomic E-state index is 12.3. The Morgan fingerprint density at radius 1 is 1.12 bits per heavy atom. The monoisotopic (exact) mass is 333 g/mol. The molecule has 0 saturated heterocycles. The maximum atomic E-state index is 12.3. The lowest BCUT2D eigenvalue weighted by atomic mass is 9.94. The number of hydrogen-bond acceptors (Lipinski definition) is 5. The molecule has 0 aromatic carbocycles. The Labute approximate surface area is 141 Å². The average Bonchev–Trinajstić information content (AvgIpc) is 3.03. The highest BCUT2D eigenvalue weighted by Gasteiger charge is 2.49. The van der Waals surface area contributed by atoms with Crippen LogP contribution in [0.5, 0.6) is 0 Å². The molecule has 0 atom stereocenters. The second kappa shape index (κ2) is 9.53. The summed E-state index contributed by atoms with van der Waals surface area (Å²) in [6.45, 7) is 4.63. The molecule has 1 amide bonds. The molecule has 1 rings (SSSR count). The molecule has 0 radical (unpaired) electrons. The number of hydrogen-bond donors (Lipinski definition) is 1. The summed E-state index contributed by atoms with van der Waals surface area (Å²) in [4.78, 5) is 36.2. The Bertz CT molecular complexity index is 567. The molecular weight excluding hydrogens is 310 g/mol. The van der Waals surface area contributed by atoms with Gasteiger partial charge in [-0.1, -0.05) is 24.3 Å². The van der Waals surface area contributed by atoms with Crippen LogP contribution in [-0.4, -0.2) is 36.6 Å². The number of esters is 2. The van der Waals surface area contributed by atoms with Crippen LogP contribution < -0.4 is 5.32 Å². The van der Waals surface area contributed by atoms with E-state index in [2.05, 4.69) is 11.0 Å². The minimum atomic E-state index is -1.90. The second-order valence-corrected chi connectivity index (χ2v) is 5.12. The second-order valence-electron chi connectivity index (χ2n) is 5.12. The van der Waals surface area contributed by atoms with E-state index < -0.39 is 23.4 Å². The van der Waals surface area contributed by atoms with Crippen LogP contribution in [0.15, 0.2) is 42.2 Å². The molecule has 0 aromatic rings. The van der Waals surface area contributed by atoms with Crippen LogP contribution in [0.3, 0.4) is 0 Å². The Balaban J connectivity index is 3.07. The van der Waals surface area contributed by atoms with E-state index in [1.165, 1.54) is 13.0 Å². The number of amides is 1. The number of rotatable bonds is 8. The summed E-state index contributed by atoms with van der Waals surface area (Å²) >= 11 is 0. The number of nitrogens with one attached hydrogen (secondary N) is 1. The molecule has 0 heterocycles. The zero-order valence-electron chi connectivity index (χ0n) is 14.2. The van der Waals surface area contributed by atoms with Crippen molar-refractivity contribution in [1.29, 1.82) is 0 Å². The zero-order chi connectivity index (χ0) is 18.0. The minimum absolute atomic E-state index is 0.0801. The maximum Gasteiger partial charge on any atom is 0.344 e. The Hall–Kier alpha value is -2.59. The summed E-state index contributed by atoms with van der Waals surface area (Å²) in [7, 11) is 0. The Morgan fingerprint density at radius 3 is 2.12 bits per heavy atom. The summed E-state index contributed by atoms with van der Waals surface area (Å²) in [6, 6.07) is 0. The highest BCUT2D eigenvalue weighted by molar-refractivity contribution is 6.07. The largest absolute Gasteiger partial charge is 0.464 e. The molecule has 0 unspecified atom stereocenters. The first-order valence-electron chi connectivity index (χ1n) is 7.85. The van der Waals surface area contributed by atoms with Gasteiger partial charge in [-0.15, -0.1) is 5.73 Å². The van der Waals surface area contributed by atoms with Gasteiger partial charge in [-0.05, 0) is 26.0 Å². The van der Waals surface area contributed by atoms with E-state index in [1.807, 2.05) is 24.3 Å². The minimum Gasteiger partial charge on any atom is -0.464 e. The van der Waals surface area contributed by atoms with E-state index in [0.717, 1.165) is 0 Å². The van der Waals surface area contributed by atoms with Gasteiger partial charge in [-0.3, -0.25) is 4.79 Å². The van der Waals surface area contributed by atoms with E-state index in [-0.39, 0.29) is 25.6 Å². The Morgan fingerprint density at radius 2 is 1.67 bits per heavy atom. The fourth-order valence-electron chi connectivity index (χ4n) is 2.16. The third kappa shape index (κ3) is 5.25. The molecule has 0 saturated carbocycles. The molecule has 130 valence electrons. The predicted octanol–water partition coefficient (Wildman–Crippen LogP) is 1.83. The van der Waals surface area contributed by atoms with Crippen molar-refractivity contribution in [3.05, 3.63) is 42.2 Å². The fraction of sp³-hybridized carbons (Fsp3) is 0.444. The summed E-state index contributed by atoms with van der Waals surface area (Å²) in [5.41, 5.74) is 1.03. The van der Waals surface area contributed by atoms with Gasteiger partial charge in [0.15, 0.2) is 0 Å². The van der Waals surface area contributed by atoms with Crippen LogP contribution >= 0.6 is 0 Å². The molecule has 1 N–H and O–H groups in total. The van der Waals surface area contributed by atoms with E-state index in [9.17, 15) is 14.4 Å². The SMILES string of the molecule is CCOC(=O)C(CC=C=CC1C=CC=C1)(NC(C)=O)C(=O)OCC. The van der Waals surface area contributed by atoms with Gasteiger partial charge in [0.25, 0.3) is 0 Å². The highest BCUT2D eigenvalue weighted by atomic mass is 16.6. The third-order valence-electron chi connectivity index (χ3n) is 3.23. The molecule has 0 aromatic heterocycles. The lowest BCUT2D eigenvalue weighted by Gasteiger charge is -2.28. The summed E-state index contributed by atoms with van der Waals surface area (Å²) in [5.74, 6) is -2.11. The van der Waals surface area contributed by atoms with Crippen LogP contribution in [0.2, 0.25) is 0 Å². The smallest absolute Gasteiger partial charge is 0.344 e. The number of ether oxygens (including phenoxy) is 2. The van der Waals surface area contributed by atoms with Gasteiger partial charge in [0.1, 0.15) is 0 Å². The lowest BCUT2D eigenvalue weighted by Crippen LogP contribution is -2.60. The molecule has 6 nitrogen and oxygen atoms in total. The molecule has 0 bridgehead atoms. The lowest BCUT2D eigenvalue weighted by molar-refractivity contribution is -0.167. The molecule has 1 aliphatic carbocycles. The van der Waals surface area contributed by atoms with Gasteiger partial charge in [0, 0.05) is 19.3 Å². The van der Waals surface area contributed by atoms with Crippen molar-refractivity contribution in [3.63, 3.8) is 0 Å².